The molecule has 1 aliphatic rings. The third kappa shape index (κ3) is 3.36. The molecule has 0 amide bonds. The summed E-state index contributed by atoms with van der Waals surface area (Å²) in [6, 6.07) is 13.3. The minimum absolute atomic E-state index is 0.252. The second-order valence-corrected chi connectivity index (χ2v) is 5.83. The van der Waals surface area contributed by atoms with Crippen LogP contribution < -0.4 is 9.57 Å². The van der Waals surface area contributed by atoms with Crippen molar-refractivity contribution in [2.45, 2.75) is 18.8 Å². The largest absolute Gasteiger partial charge is 0.497 e. The Balaban J connectivity index is 1.58. The molecule has 1 aromatic carbocycles. The summed E-state index contributed by atoms with van der Waals surface area (Å²) in [4.78, 5) is 17.3. The Bertz CT molecular complexity index is 740. The molecule has 2 atom stereocenters. The predicted molar refractivity (Wildman–Crippen MR) is 85.3 cm³/mol. The van der Waals surface area contributed by atoms with Crippen molar-refractivity contribution in [3.8, 4) is 5.75 Å². The molecule has 0 bridgehead atoms. The highest BCUT2D eigenvalue weighted by Crippen LogP contribution is 2.50. The minimum atomic E-state index is -0.252. The van der Waals surface area contributed by atoms with Crippen molar-refractivity contribution in [3.05, 3.63) is 58.9 Å². The second-order valence-electron chi connectivity index (χ2n) is 5.41. The first-order chi connectivity index (χ1) is 10.7. The molecule has 3 rings (SSSR count). The fraction of sp³-hybridized carbons (Fsp3) is 0.294. The van der Waals surface area contributed by atoms with Crippen LogP contribution in [0.1, 0.15) is 24.3 Å². The highest BCUT2D eigenvalue weighted by atomic mass is 32.1. The average molecular weight is 315 g/mol. The van der Waals surface area contributed by atoms with Gasteiger partial charge in [-0.3, -0.25) is 0 Å². The van der Waals surface area contributed by atoms with E-state index in [2.05, 4.69) is 6.07 Å². The number of ether oxygens (including phenoxy) is 1. The average Bonchev–Trinajstić information content (AvgIpc) is 3.29. The van der Waals surface area contributed by atoms with Gasteiger partial charge in [0.05, 0.1) is 13.5 Å². The van der Waals surface area contributed by atoms with Gasteiger partial charge in [-0.2, -0.15) is 4.73 Å². The molecule has 0 saturated heterocycles. The van der Waals surface area contributed by atoms with Gasteiger partial charge in [-0.1, -0.05) is 30.4 Å². The Kier molecular flexibility index (Phi) is 4.24. The first-order valence-electron chi connectivity index (χ1n) is 7.20. The molecule has 0 spiro atoms. The van der Waals surface area contributed by atoms with E-state index in [0.717, 1.165) is 12.2 Å². The van der Waals surface area contributed by atoms with Crippen LogP contribution in [0.15, 0.2) is 48.7 Å². The summed E-state index contributed by atoms with van der Waals surface area (Å²) in [6.45, 7) is 0. The van der Waals surface area contributed by atoms with E-state index in [9.17, 15) is 4.79 Å². The van der Waals surface area contributed by atoms with Gasteiger partial charge < -0.3 is 9.57 Å². The number of aromatic nitrogens is 1. The number of carbonyl (C=O) groups excluding carboxylic acids is 1. The van der Waals surface area contributed by atoms with Crippen molar-refractivity contribution in [2.24, 2.45) is 5.92 Å². The monoisotopic (exact) mass is 315 g/mol. The van der Waals surface area contributed by atoms with Crippen LogP contribution in [-0.4, -0.2) is 17.8 Å². The topological polar surface area (TPSA) is 40.5 Å². The van der Waals surface area contributed by atoms with Gasteiger partial charge in [-0.15, -0.1) is 0 Å². The standard InChI is InChI=1S/C17H17NO3S/c1-20-14-6-4-5-12(9-14)15-10-13(15)11-17(19)21-18-8-3-2-7-16(18)22/h2-9,13,15H,10-11H2,1H3/t13-,15-/m1/s1. The van der Waals surface area contributed by atoms with Gasteiger partial charge in [-0.25, -0.2) is 4.79 Å². The third-order valence-corrected chi connectivity index (χ3v) is 4.18. The molecule has 4 nitrogen and oxygen atoms in total. The lowest BCUT2D eigenvalue weighted by Crippen LogP contribution is -2.20. The van der Waals surface area contributed by atoms with Crippen molar-refractivity contribution < 1.29 is 14.4 Å². The maximum absolute atomic E-state index is 12.0. The van der Waals surface area contributed by atoms with E-state index in [1.54, 1.807) is 25.4 Å². The SMILES string of the molecule is COc1cccc([C@H]2C[C@@H]2CC(=O)On2ccccc2=S)c1. The maximum atomic E-state index is 12.0. The maximum Gasteiger partial charge on any atom is 0.333 e. The molecule has 0 unspecified atom stereocenters. The molecule has 1 aromatic heterocycles. The van der Waals surface area contributed by atoms with E-state index in [4.69, 9.17) is 21.8 Å². The predicted octanol–water partition coefficient (Wildman–Crippen LogP) is 3.38. The molecule has 22 heavy (non-hydrogen) atoms. The summed E-state index contributed by atoms with van der Waals surface area (Å²) in [5.74, 6) is 1.34. The van der Waals surface area contributed by atoms with Crippen molar-refractivity contribution in [1.82, 2.24) is 4.73 Å². The Labute approximate surface area is 134 Å². The van der Waals surface area contributed by atoms with Gasteiger partial charge >= 0.3 is 5.97 Å². The zero-order valence-corrected chi connectivity index (χ0v) is 13.1. The lowest BCUT2D eigenvalue weighted by atomic mass is 10.1. The molecule has 1 heterocycles. The van der Waals surface area contributed by atoms with Gasteiger partial charge in [-0.05, 0) is 48.1 Å². The molecule has 5 heteroatoms. The number of benzene rings is 1. The Morgan fingerprint density at radius 1 is 1.32 bits per heavy atom. The summed E-state index contributed by atoms with van der Waals surface area (Å²) < 4.78 is 7.05. The van der Waals surface area contributed by atoms with Gasteiger partial charge in [0.25, 0.3) is 0 Å². The van der Waals surface area contributed by atoms with E-state index >= 15 is 0 Å². The molecule has 0 aliphatic heterocycles. The van der Waals surface area contributed by atoms with Crippen molar-refractivity contribution in [3.63, 3.8) is 0 Å². The van der Waals surface area contributed by atoms with Crippen LogP contribution in [0.5, 0.6) is 5.75 Å². The number of hydrogen-bond acceptors (Lipinski definition) is 4. The zero-order chi connectivity index (χ0) is 15.5. The first-order valence-corrected chi connectivity index (χ1v) is 7.61. The second kappa shape index (κ2) is 6.32. The summed E-state index contributed by atoms with van der Waals surface area (Å²) in [7, 11) is 1.66. The molecule has 114 valence electrons. The van der Waals surface area contributed by atoms with Gasteiger partial charge in [0, 0.05) is 6.20 Å². The number of carbonyl (C=O) groups is 1. The van der Waals surface area contributed by atoms with Crippen LogP contribution in [0, 0.1) is 10.6 Å². The normalized spacial score (nSPS) is 19.5. The molecule has 1 saturated carbocycles. The molecule has 2 aromatic rings. The van der Waals surface area contributed by atoms with Crippen molar-refractivity contribution >= 4 is 18.2 Å². The molecule has 1 fully saturated rings. The van der Waals surface area contributed by atoms with E-state index in [1.807, 2.05) is 24.3 Å². The molecule has 1 aliphatic carbocycles. The van der Waals surface area contributed by atoms with Gasteiger partial charge in [0.1, 0.15) is 10.4 Å². The van der Waals surface area contributed by atoms with Gasteiger partial charge in [0.15, 0.2) is 0 Å². The first kappa shape index (κ1) is 14.8. The fourth-order valence-corrected chi connectivity index (χ4v) is 2.78. The van der Waals surface area contributed by atoms with Crippen LogP contribution in [0.3, 0.4) is 0 Å². The summed E-state index contributed by atoms with van der Waals surface area (Å²) in [6.07, 6.45) is 3.05. The van der Waals surface area contributed by atoms with Crippen molar-refractivity contribution in [1.29, 1.82) is 0 Å². The Morgan fingerprint density at radius 3 is 2.95 bits per heavy atom. The van der Waals surface area contributed by atoms with Gasteiger partial charge in [0.2, 0.25) is 0 Å². The summed E-state index contributed by atoms with van der Waals surface area (Å²) in [5.41, 5.74) is 1.22. The summed E-state index contributed by atoms with van der Waals surface area (Å²) >= 11 is 5.10. The number of pyridine rings is 1. The van der Waals surface area contributed by atoms with Crippen molar-refractivity contribution in [2.75, 3.05) is 7.11 Å². The lowest BCUT2D eigenvalue weighted by molar-refractivity contribution is -0.144. The molecular weight excluding hydrogens is 298 g/mol. The summed E-state index contributed by atoms with van der Waals surface area (Å²) in [5, 5.41) is 0. The number of methoxy groups -OCH3 is 1. The number of rotatable bonds is 5. The quantitative estimate of drug-likeness (QED) is 0.793. The third-order valence-electron chi connectivity index (χ3n) is 3.86. The van der Waals surface area contributed by atoms with Crippen LogP contribution >= 0.6 is 12.2 Å². The lowest BCUT2D eigenvalue weighted by Gasteiger charge is -2.07. The number of nitrogens with zero attached hydrogens (tertiary/aromatic N) is 1. The zero-order valence-electron chi connectivity index (χ0n) is 12.3. The highest BCUT2D eigenvalue weighted by Gasteiger charge is 2.40. The van der Waals surface area contributed by atoms with Crippen LogP contribution in [0.4, 0.5) is 0 Å². The highest BCUT2D eigenvalue weighted by molar-refractivity contribution is 7.71. The van der Waals surface area contributed by atoms with E-state index in [-0.39, 0.29) is 5.97 Å². The van der Waals surface area contributed by atoms with Crippen LogP contribution in [0.25, 0.3) is 0 Å². The minimum Gasteiger partial charge on any atom is -0.497 e. The smallest absolute Gasteiger partial charge is 0.333 e. The molecule has 0 N–H and O–H groups in total. The molecule has 0 radical (unpaired) electrons. The van der Waals surface area contributed by atoms with E-state index in [1.165, 1.54) is 10.3 Å². The fourth-order valence-electron chi connectivity index (χ4n) is 2.60. The Hall–Kier alpha value is -2.14. The Morgan fingerprint density at radius 2 is 2.18 bits per heavy atom. The van der Waals surface area contributed by atoms with Crippen LogP contribution in [0.2, 0.25) is 0 Å². The number of hydrogen-bond donors (Lipinski definition) is 0. The van der Waals surface area contributed by atoms with E-state index < -0.39 is 0 Å². The van der Waals surface area contributed by atoms with E-state index in [0.29, 0.717) is 22.9 Å². The molecular formula is C17H17NO3S. The van der Waals surface area contributed by atoms with Crippen LogP contribution in [-0.2, 0) is 4.79 Å².